The number of esters is 1. The fraction of sp³-hybridized carbons (Fsp3) is 0.214. The number of ether oxygens (including phenoxy) is 1. The van der Waals surface area contributed by atoms with Crippen molar-refractivity contribution in [3.05, 3.63) is 60.2 Å². The van der Waals surface area contributed by atoms with E-state index in [-0.39, 0.29) is 18.5 Å². The molecule has 92 valence electrons. The molecular formula is C14H14N2O2. The van der Waals surface area contributed by atoms with Crippen molar-refractivity contribution in [2.24, 2.45) is 0 Å². The molecule has 18 heavy (non-hydrogen) atoms. The van der Waals surface area contributed by atoms with Crippen molar-refractivity contribution in [1.29, 1.82) is 0 Å². The monoisotopic (exact) mass is 242 g/mol. The Morgan fingerprint density at radius 2 is 2.06 bits per heavy atom. The summed E-state index contributed by atoms with van der Waals surface area (Å²) in [7, 11) is 0. The van der Waals surface area contributed by atoms with E-state index < -0.39 is 0 Å². The molecule has 2 rings (SSSR count). The van der Waals surface area contributed by atoms with Crippen LogP contribution in [-0.4, -0.2) is 15.9 Å². The number of carbonyl (C=O) groups excluding carboxylic acids is 1. The molecule has 0 aliphatic heterocycles. The lowest BCUT2D eigenvalue weighted by Gasteiger charge is -2.10. The van der Waals surface area contributed by atoms with Crippen molar-refractivity contribution in [2.75, 3.05) is 0 Å². The molecule has 0 aliphatic carbocycles. The number of benzene rings is 1. The van der Waals surface area contributed by atoms with E-state index in [0.29, 0.717) is 5.69 Å². The highest BCUT2D eigenvalue weighted by atomic mass is 16.5. The van der Waals surface area contributed by atoms with Crippen LogP contribution in [0.4, 0.5) is 0 Å². The Bertz CT molecular complexity index is 500. The number of hydrogen-bond acceptors (Lipinski definition) is 4. The van der Waals surface area contributed by atoms with E-state index in [2.05, 4.69) is 9.97 Å². The third-order valence-electron chi connectivity index (χ3n) is 2.63. The second kappa shape index (κ2) is 5.91. The van der Waals surface area contributed by atoms with E-state index in [1.54, 1.807) is 19.2 Å². The van der Waals surface area contributed by atoms with Gasteiger partial charge in [0.25, 0.3) is 0 Å². The normalized spacial score (nSPS) is 11.8. The molecule has 0 fully saturated rings. The summed E-state index contributed by atoms with van der Waals surface area (Å²) in [5, 5.41) is 0. The van der Waals surface area contributed by atoms with E-state index in [9.17, 15) is 4.79 Å². The van der Waals surface area contributed by atoms with Gasteiger partial charge < -0.3 is 4.74 Å². The lowest BCUT2D eigenvalue weighted by molar-refractivity contribution is -0.146. The Labute approximate surface area is 106 Å². The van der Waals surface area contributed by atoms with Gasteiger partial charge in [0.15, 0.2) is 0 Å². The van der Waals surface area contributed by atoms with Crippen molar-refractivity contribution in [3.8, 4) is 0 Å². The third-order valence-corrected chi connectivity index (χ3v) is 2.63. The van der Waals surface area contributed by atoms with Crippen LogP contribution >= 0.6 is 0 Å². The first-order chi connectivity index (χ1) is 8.77. The minimum atomic E-state index is -0.378. The molecule has 0 radical (unpaired) electrons. The molecule has 0 N–H and O–H groups in total. The van der Waals surface area contributed by atoms with Gasteiger partial charge >= 0.3 is 5.97 Å². The molecule has 1 heterocycles. The molecule has 4 nitrogen and oxygen atoms in total. The van der Waals surface area contributed by atoms with Crippen LogP contribution < -0.4 is 0 Å². The van der Waals surface area contributed by atoms with Crippen molar-refractivity contribution < 1.29 is 9.53 Å². The number of rotatable bonds is 4. The number of hydrogen-bond donors (Lipinski definition) is 0. The van der Waals surface area contributed by atoms with Gasteiger partial charge in [-0.2, -0.15) is 0 Å². The van der Waals surface area contributed by atoms with Crippen LogP contribution in [0.3, 0.4) is 0 Å². The molecule has 4 heteroatoms. The molecule has 0 saturated heterocycles. The Morgan fingerprint density at radius 3 is 2.72 bits per heavy atom. The van der Waals surface area contributed by atoms with Gasteiger partial charge in [-0.3, -0.25) is 4.79 Å². The van der Waals surface area contributed by atoms with Crippen LogP contribution in [0, 0.1) is 0 Å². The lowest BCUT2D eigenvalue weighted by atomic mass is 10.1. The quantitative estimate of drug-likeness (QED) is 0.772. The van der Waals surface area contributed by atoms with Crippen LogP contribution in [0.15, 0.2) is 48.9 Å². The van der Waals surface area contributed by atoms with Crippen LogP contribution in [0.25, 0.3) is 0 Å². The maximum absolute atomic E-state index is 11.8. The largest absolute Gasteiger partial charge is 0.460 e. The molecule has 0 spiro atoms. The van der Waals surface area contributed by atoms with E-state index in [1.165, 1.54) is 6.33 Å². The van der Waals surface area contributed by atoms with E-state index in [1.807, 2.05) is 30.3 Å². The molecule has 0 saturated carbocycles. The SMILES string of the molecule is CC(C(=O)OCc1ccccc1)c1ccncn1. The van der Waals surface area contributed by atoms with Gasteiger partial charge in [0.05, 0.1) is 11.6 Å². The first-order valence-corrected chi connectivity index (χ1v) is 5.74. The Morgan fingerprint density at radius 1 is 1.28 bits per heavy atom. The predicted molar refractivity (Wildman–Crippen MR) is 66.7 cm³/mol. The Balaban J connectivity index is 1.93. The molecular weight excluding hydrogens is 228 g/mol. The predicted octanol–water partition coefficient (Wildman–Crippen LogP) is 2.32. The summed E-state index contributed by atoms with van der Waals surface area (Å²) >= 11 is 0. The molecule has 0 aliphatic rings. The molecule has 1 atom stereocenters. The van der Waals surface area contributed by atoms with Gasteiger partial charge in [0, 0.05) is 6.20 Å². The van der Waals surface area contributed by atoms with Crippen molar-refractivity contribution in [3.63, 3.8) is 0 Å². The van der Waals surface area contributed by atoms with Gasteiger partial charge in [-0.25, -0.2) is 9.97 Å². The summed E-state index contributed by atoms with van der Waals surface area (Å²) < 4.78 is 5.24. The highest BCUT2D eigenvalue weighted by molar-refractivity contribution is 5.76. The zero-order valence-electron chi connectivity index (χ0n) is 10.1. The smallest absolute Gasteiger partial charge is 0.315 e. The van der Waals surface area contributed by atoms with Gasteiger partial charge in [-0.05, 0) is 18.6 Å². The molecule has 0 bridgehead atoms. The molecule has 1 aromatic heterocycles. The summed E-state index contributed by atoms with van der Waals surface area (Å²) in [5.41, 5.74) is 1.64. The van der Waals surface area contributed by atoms with Crippen molar-refractivity contribution in [1.82, 2.24) is 9.97 Å². The van der Waals surface area contributed by atoms with Crippen LogP contribution in [0.1, 0.15) is 24.1 Å². The molecule has 0 amide bonds. The number of nitrogens with zero attached hydrogens (tertiary/aromatic N) is 2. The molecule has 1 aromatic carbocycles. The first kappa shape index (κ1) is 12.2. The van der Waals surface area contributed by atoms with E-state index >= 15 is 0 Å². The average Bonchev–Trinajstić information content (AvgIpc) is 2.46. The van der Waals surface area contributed by atoms with Crippen molar-refractivity contribution in [2.45, 2.75) is 19.4 Å². The average molecular weight is 242 g/mol. The molecule has 2 aromatic rings. The van der Waals surface area contributed by atoms with Crippen LogP contribution in [0.2, 0.25) is 0 Å². The second-order valence-electron chi connectivity index (χ2n) is 3.95. The maximum Gasteiger partial charge on any atom is 0.315 e. The van der Waals surface area contributed by atoms with E-state index in [4.69, 9.17) is 4.74 Å². The fourth-order valence-corrected chi connectivity index (χ4v) is 1.53. The highest BCUT2D eigenvalue weighted by Crippen LogP contribution is 2.14. The van der Waals surface area contributed by atoms with Crippen molar-refractivity contribution >= 4 is 5.97 Å². The fourth-order valence-electron chi connectivity index (χ4n) is 1.53. The van der Waals surface area contributed by atoms with Gasteiger partial charge in [0.2, 0.25) is 0 Å². The summed E-state index contributed by atoms with van der Waals surface area (Å²) in [4.78, 5) is 19.7. The van der Waals surface area contributed by atoms with Gasteiger partial charge in [0.1, 0.15) is 12.9 Å². The highest BCUT2D eigenvalue weighted by Gasteiger charge is 2.17. The molecule has 1 unspecified atom stereocenters. The summed E-state index contributed by atoms with van der Waals surface area (Å²) in [6, 6.07) is 11.3. The van der Waals surface area contributed by atoms with Gasteiger partial charge in [-0.1, -0.05) is 30.3 Å². The number of carbonyl (C=O) groups is 1. The first-order valence-electron chi connectivity index (χ1n) is 5.74. The minimum absolute atomic E-state index is 0.280. The Hall–Kier alpha value is -2.23. The second-order valence-corrected chi connectivity index (χ2v) is 3.95. The third kappa shape index (κ3) is 3.13. The summed E-state index contributed by atoms with van der Waals surface area (Å²) in [6.07, 6.45) is 3.04. The zero-order valence-corrected chi connectivity index (χ0v) is 10.1. The standard InChI is InChI=1S/C14H14N2O2/c1-11(13-7-8-15-10-16-13)14(17)18-9-12-5-3-2-4-6-12/h2-8,10-11H,9H2,1H3. The van der Waals surface area contributed by atoms with Gasteiger partial charge in [-0.15, -0.1) is 0 Å². The maximum atomic E-state index is 11.8. The summed E-state index contributed by atoms with van der Waals surface area (Å²) in [6.45, 7) is 2.06. The zero-order chi connectivity index (χ0) is 12.8. The number of aromatic nitrogens is 2. The topological polar surface area (TPSA) is 52.1 Å². The lowest BCUT2D eigenvalue weighted by Crippen LogP contribution is -2.14. The summed E-state index contributed by atoms with van der Waals surface area (Å²) in [5.74, 6) is -0.658. The van der Waals surface area contributed by atoms with E-state index in [0.717, 1.165) is 5.56 Å². The van der Waals surface area contributed by atoms with Crippen LogP contribution in [0.5, 0.6) is 0 Å². The minimum Gasteiger partial charge on any atom is -0.460 e. The Kier molecular flexibility index (Phi) is 4.02. The van der Waals surface area contributed by atoms with Crippen LogP contribution in [-0.2, 0) is 16.1 Å².